The molecule has 9 heteroatoms. The molecule has 2 saturated heterocycles. The zero-order chi connectivity index (χ0) is 20.9. The quantitative estimate of drug-likeness (QED) is 0.698. The first-order valence-corrected chi connectivity index (χ1v) is 10.7. The Bertz CT molecular complexity index is 1050. The van der Waals surface area contributed by atoms with Crippen molar-refractivity contribution in [3.8, 4) is 0 Å². The van der Waals surface area contributed by atoms with Crippen LogP contribution in [0, 0.1) is 26.2 Å². The Labute approximate surface area is 175 Å². The largest absolute Gasteiger partial charge is 0.392 e. The van der Waals surface area contributed by atoms with Crippen LogP contribution in [0.3, 0.4) is 0 Å². The van der Waals surface area contributed by atoms with Crippen LogP contribution in [-0.4, -0.2) is 67.0 Å². The number of hydrogen-bond donors (Lipinski definition) is 1. The summed E-state index contributed by atoms with van der Waals surface area (Å²) in [6, 6.07) is 2.04. The van der Waals surface area contributed by atoms with Gasteiger partial charge in [-0.05, 0) is 49.7 Å². The van der Waals surface area contributed by atoms with Crippen LogP contribution < -0.4 is 4.90 Å². The monoisotopic (exact) mass is 411 g/mol. The number of nitrogens with zero attached hydrogens (tertiary/aromatic N) is 7. The van der Waals surface area contributed by atoms with E-state index in [0.29, 0.717) is 18.4 Å². The molecule has 1 unspecified atom stereocenters. The number of piperidine rings is 2. The molecule has 0 aliphatic carbocycles. The summed E-state index contributed by atoms with van der Waals surface area (Å²) in [6.45, 7) is 10.1. The normalized spacial score (nSPS) is 22.3. The number of likely N-dealkylation sites (tertiary alicyclic amines) is 1. The Morgan fingerprint density at radius 3 is 2.73 bits per heavy atom. The minimum Gasteiger partial charge on any atom is -0.392 e. The lowest BCUT2D eigenvalue weighted by Crippen LogP contribution is -2.53. The van der Waals surface area contributed by atoms with E-state index in [1.807, 2.05) is 30.6 Å². The number of aliphatic hydroxyl groups is 1. The van der Waals surface area contributed by atoms with Gasteiger partial charge in [0, 0.05) is 56.6 Å². The highest BCUT2D eigenvalue weighted by molar-refractivity contribution is 5.48. The predicted octanol–water partition coefficient (Wildman–Crippen LogP) is 1.89. The molecule has 9 nitrogen and oxygen atoms in total. The molecule has 1 N–H and O–H groups in total. The van der Waals surface area contributed by atoms with E-state index in [0.717, 1.165) is 68.0 Å². The number of aryl methyl sites for hydroxylation is 3. The van der Waals surface area contributed by atoms with E-state index in [2.05, 4.69) is 32.0 Å². The summed E-state index contributed by atoms with van der Waals surface area (Å²) in [5.74, 6) is 1.27. The molecule has 2 aliphatic heterocycles. The molecule has 0 bridgehead atoms. The van der Waals surface area contributed by atoms with E-state index >= 15 is 0 Å². The molecule has 3 aromatic heterocycles. The molecule has 0 aromatic carbocycles. The van der Waals surface area contributed by atoms with Gasteiger partial charge >= 0.3 is 0 Å². The first kappa shape index (κ1) is 19.4. The molecule has 5 heterocycles. The van der Waals surface area contributed by atoms with Gasteiger partial charge < -0.3 is 14.5 Å². The molecule has 5 rings (SSSR count). The van der Waals surface area contributed by atoms with Crippen LogP contribution in [0.2, 0.25) is 0 Å². The van der Waals surface area contributed by atoms with Crippen molar-refractivity contribution in [1.82, 2.24) is 29.6 Å². The number of β-amino-alcohol motifs (C(OH)–C–C–N with tert-alkyl or cyclic N) is 1. The molecule has 160 valence electrons. The van der Waals surface area contributed by atoms with Crippen molar-refractivity contribution in [2.24, 2.45) is 5.41 Å². The number of anilines is 1. The number of hydrogen-bond acceptors (Lipinski definition) is 8. The van der Waals surface area contributed by atoms with Crippen molar-refractivity contribution < 1.29 is 9.63 Å². The lowest BCUT2D eigenvalue weighted by molar-refractivity contribution is -0.0251. The van der Waals surface area contributed by atoms with E-state index in [9.17, 15) is 5.11 Å². The third-order valence-electron chi connectivity index (χ3n) is 6.57. The fourth-order valence-electron chi connectivity index (χ4n) is 5.21. The average Bonchev–Trinajstić information content (AvgIpc) is 3.29. The topological polar surface area (TPSA) is 95.8 Å². The Morgan fingerprint density at radius 2 is 2.00 bits per heavy atom. The van der Waals surface area contributed by atoms with Crippen molar-refractivity contribution in [2.75, 3.05) is 31.1 Å². The standard InChI is InChI=1S/C21H29N7O2/c1-14-8-15(2)28-19(23-14)17(10-22-28)11-26-12-18(29)9-21(13-26)4-6-27(7-5-21)20-24-16(3)30-25-20/h8,10,18,29H,4-7,9,11-13H2,1-3H3. The molecule has 1 atom stereocenters. The summed E-state index contributed by atoms with van der Waals surface area (Å²) in [5.41, 5.74) is 4.24. The Morgan fingerprint density at radius 1 is 1.20 bits per heavy atom. The first-order valence-electron chi connectivity index (χ1n) is 10.7. The van der Waals surface area contributed by atoms with E-state index in [1.165, 1.54) is 0 Å². The van der Waals surface area contributed by atoms with Crippen molar-refractivity contribution >= 4 is 11.6 Å². The molecular formula is C21H29N7O2. The summed E-state index contributed by atoms with van der Waals surface area (Å²) < 4.78 is 7.04. The Balaban J connectivity index is 1.31. The second-order valence-corrected chi connectivity index (χ2v) is 9.07. The van der Waals surface area contributed by atoms with Crippen LogP contribution in [0.25, 0.3) is 5.65 Å². The van der Waals surface area contributed by atoms with Gasteiger partial charge in [-0.1, -0.05) is 0 Å². The first-order chi connectivity index (χ1) is 14.4. The van der Waals surface area contributed by atoms with Gasteiger partial charge in [0.25, 0.3) is 5.95 Å². The van der Waals surface area contributed by atoms with Gasteiger partial charge in [0.15, 0.2) is 5.65 Å². The highest BCUT2D eigenvalue weighted by Gasteiger charge is 2.42. The molecule has 2 aliphatic rings. The van der Waals surface area contributed by atoms with Gasteiger partial charge in [-0.15, -0.1) is 0 Å². The maximum Gasteiger partial charge on any atom is 0.266 e. The van der Waals surface area contributed by atoms with Crippen LogP contribution in [0.1, 0.15) is 42.1 Å². The summed E-state index contributed by atoms with van der Waals surface area (Å²) in [6.07, 6.45) is 4.49. The molecule has 0 saturated carbocycles. The average molecular weight is 412 g/mol. The highest BCUT2D eigenvalue weighted by Crippen LogP contribution is 2.41. The minimum atomic E-state index is -0.309. The van der Waals surface area contributed by atoms with E-state index in [-0.39, 0.29) is 11.5 Å². The molecule has 3 aromatic rings. The second-order valence-electron chi connectivity index (χ2n) is 9.07. The number of aromatic nitrogens is 5. The summed E-state index contributed by atoms with van der Waals surface area (Å²) in [4.78, 5) is 13.6. The minimum absolute atomic E-state index is 0.120. The highest BCUT2D eigenvalue weighted by atomic mass is 16.5. The van der Waals surface area contributed by atoms with Gasteiger partial charge in [-0.2, -0.15) is 10.1 Å². The number of rotatable bonds is 3. The van der Waals surface area contributed by atoms with Crippen molar-refractivity contribution in [3.63, 3.8) is 0 Å². The SMILES string of the molecule is Cc1cc(C)n2ncc(CN3CC(O)CC4(CCN(c5noc(C)n5)CC4)C3)c2n1. The molecule has 0 radical (unpaired) electrons. The Hall–Kier alpha value is -2.52. The zero-order valence-electron chi connectivity index (χ0n) is 17.9. The van der Waals surface area contributed by atoms with Gasteiger partial charge in [0.2, 0.25) is 5.89 Å². The van der Waals surface area contributed by atoms with E-state index in [1.54, 1.807) is 0 Å². The summed E-state index contributed by atoms with van der Waals surface area (Å²) in [5, 5.41) is 19.3. The molecule has 0 amide bonds. The fraction of sp³-hybridized carbons (Fsp3) is 0.619. The van der Waals surface area contributed by atoms with Crippen LogP contribution >= 0.6 is 0 Å². The van der Waals surface area contributed by atoms with Gasteiger partial charge in [0.05, 0.1) is 12.3 Å². The maximum absolute atomic E-state index is 10.7. The van der Waals surface area contributed by atoms with Crippen molar-refractivity contribution in [2.45, 2.75) is 52.7 Å². The van der Waals surface area contributed by atoms with Crippen LogP contribution in [0.4, 0.5) is 5.95 Å². The van der Waals surface area contributed by atoms with E-state index < -0.39 is 0 Å². The predicted molar refractivity (Wildman–Crippen MR) is 111 cm³/mol. The molecule has 30 heavy (non-hydrogen) atoms. The maximum atomic E-state index is 10.7. The van der Waals surface area contributed by atoms with Crippen LogP contribution in [0.15, 0.2) is 16.8 Å². The molecule has 2 fully saturated rings. The number of fused-ring (bicyclic) bond motifs is 1. The van der Waals surface area contributed by atoms with Gasteiger partial charge in [0.1, 0.15) is 0 Å². The Kier molecular flexibility index (Phi) is 4.74. The summed E-state index contributed by atoms with van der Waals surface area (Å²) >= 11 is 0. The lowest BCUT2D eigenvalue weighted by Gasteiger charge is -2.49. The second kappa shape index (κ2) is 7.31. The van der Waals surface area contributed by atoms with Crippen LogP contribution in [-0.2, 0) is 6.54 Å². The van der Waals surface area contributed by atoms with Crippen LogP contribution in [0.5, 0.6) is 0 Å². The van der Waals surface area contributed by atoms with E-state index in [4.69, 9.17) is 9.51 Å². The smallest absolute Gasteiger partial charge is 0.266 e. The van der Waals surface area contributed by atoms with Gasteiger partial charge in [-0.25, -0.2) is 9.50 Å². The zero-order valence-corrected chi connectivity index (χ0v) is 17.9. The fourth-order valence-corrected chi connectivity index (χ4v) is 5.21. The summed E-state index contributed by atoms with van der Waals surface area (Å²) in [7, 11) is 0. The van der Waals surface area contributed by atoms with Crippen molar-refractivity contribution in [3.05, 3.63) is 35.1 Å². The van der Waals surface area contributed by atoms with Crippen molar-refractivity contribution in [1.29, 1.82) is 0 Å². The molecular weight excluding hydrogens is 382 g/mol. The van der Waals surface area contributed by atoms with Gasteiger partial charge in [-0.3, -0.25) is 4.90 Å². The molecule has 1 spiro atoms. The third-order valence-corrected chi connectivity index (χ3v) is 6.57. The number of aliphatic hydroxyl groups excluding tert-OH is 1. The third kappa shape index (κ3) is 3.56. The lowest BCUT2D eigenvalue weighted by atomic mass is 9.71.